The Morgan fingerprint density at radius 1 is 1.33 bits per heavy atom. The molecule has 0 radical (unpaired) electrons. The molecule has 0 aliphatic heterocycles. The molecule has 0 atom stereocenters. The predicted molar refractivity (Wildman–Crippen MR) is 81.5 cm³/mol. The van der Waals surface area contributed by atoms with Gasteiger partial charge in [-0.25, -0.2) is 9.59 Å². The van der Waals surface area contributed by atoms with E-state index < -0.39 is 12.0 Å². The van der Waals surface area contributed by atoms with E-state index in [4.69, 9.17) is 33.0 Å². The molecule has 0 heterocycles. The molecule has 0 aromatic heterocycles. The van der Waals surface area contributed by atoms with Gasteiger partial charge in [0.1, 0.15) is 0 Å². The third-order valence-corrected chi connectivity index (χ3v) is 2.88. The number of aromatic carboxylic acids is 1. The van der Waals surface area contributed by atoms with Crippen LogP contribution in [0.5, 0.6) is 0 Å². The topological polar surface area (TPSA) is 87.7 Å². The Bertz CT molecular complexity index is 535. The Labute approximate surface area is 132 Å². The number of rotatable bonds is 6. The van der Waals surface area contributed by atoms with Gasteiger partial charge in [0.15, 0.2) is 0 Å². The normalized spacial score (nSPS) is 10.5. The maximum Gasteiger partial charge on any atom is 0.337 e. The highest BCUT2D eigenvalue weighted by atomic mass is 35.5. The smallest absolute Gasteiger partial charge is 0.337 e. The lowest BCUT2D eigenvalue weighted by atomic mass is 10.2. The van der Waals surface area contributed by atoms with Crippen LogP contribution in [0.25, 0.3) is 0 Å². The Hall–Kier alpha value is -1.50. The van der Waals surface area contributed by atoms with Crippen LogP contribution >= 0.6 is 23.2 Å². The first-order valence-corrected chi connectivity index (χ1v) is 6.95. The molecule has 0 bridgehead atoms. The molecule has 116 valence electrons. The third-order valence-electron chi connectivity index (χ3n) is 2.36. The highest BCUT2D eigenvalue weighted by molar-refractivity contribution is 6.37. The summed E-state index contributed by atoms with van der Waals surface area (Å²) in [4.78, 5) is 22.8. The number of ether oxygens (including phenoxy) is 1. The number of urea groups is 1. The van der Waals surface area contributed by atoms with Crippen LogP contribution in [-0.2, 0) is 4.74 Å². The number of carboxylic acids is 1. The number of carbonyl (C=O) groups excluding carboxylic acids is 1. The lowest BCUT2D eigenvalue weighted by molar-refractivity contribution is 0.0698. The first-order valence-electron chi connectivity index (χ1n) is 6.20. The molecule has 0 unspecified atom stereocenters. The minimum absolute atomic E-state index is 0.00385. The molecule has 1 rings (SSSR count). The third kappa shape index (κ3) is 5.79. The van der Waals surface area contributed by atoms with Crippen molar-refractivity contribution in [3.63, 3.8) is 0 Å². The highest BCUT2D eigenvalue weighted by Gasteiger charge is 2.17. The standard InChI is InChI=1S/C13H16Cl2N2O4/c1-7(2)21-4-3-16-13(20)17-11-9(12(18)19)5-8(14)6-10(11)15/h5-7H,3-4H2,1-2H3,(H,18,19)(H2,16,17,20). The summed E-state index contributed by atoms with van der Waals surface area (Å²) in [7, 11) is 0. The average molecular weight is 335 g/mol. The zero-order chi connectivity index (χ0) is 16.0. The number of carbonyl (C=O) groups is 2. The fourth-order valence-corrected chi connectivity index (χ4v) is 2.03. The van der Waals surface area contributed by atoms with Crippen molar-refractivity contribution in [2.45, 2.75) is 20.0 Å². The van der Waals surface area contributed by atoms with Gasteiger partial charge in [-0.2, -0.15) is 0 Å². The number of carboxylic acid groups (broad SMARTS) is 1. The van der Waals surface area contributed by atoms with Gasteiger partial charge >= 0.3 is 12.0 Å². The van der Waals surface area contributed by atoms with Crippen LogP contribution in [0.4, 0.5) is 10.5 Å². The van der Waals surface area contributed by atoms with Crippen molar-refractivity contribution in [1.29, 1.82) is 0 Å². The molecule has 0 saturated carbocycles. The fourth-order valence-electron chi connectivity index (χ4n) is 1.49. The van der Waals surface area contributed by atoms with E-state index in [2.05, 4.69) is 10.6 Å². The fraction of sp³-hybridized carbons (Fsp3) is 0.385. The van der Waals surface area contributed by atoms with Crippen molar-refractivity contribution in [2.24, 2.45) is 0 Å². The molecule has 21 heavy (non-hydrogen) atoms. The molecule has 2 amide bonds. The van der Waals surface area contributed by atoms with Crippen LogP contribution in [0.1, 0.15) is 24.2 Å². The van der Waals surface area contributed by atoms with Crippen LogP contribution in [0.15, 0.2) is 12.1 Å². The summed E-state index contributed by atoms with van der Waals surface area (Å²) in [5, 5.41) is 14.3. The second-order valence-electron chi connectivity index (χ2n) is 4.42. The Kier molecular flexibility index (Phi) is 6.74. The second-order valence-corrected chi connectivity index (χ2v) is 5.26. The molecule has 6 nitrogen and oxygen atoms in total. The Morgan fingerprint density at radius 3 is 2.57 bits per heavy atom. The predicted octanol–water partition coefficient (Wildman–Crippen LogP) is 3.24. The second kappa shape index (κ2) is 8.07. The maximum atomic E-state index is 11.7. The summed E-state index contributed by atoms with van der Waals surface area (Å²) in [6.45, 7) is 4.40. The number of hydrogen-bond donors (Lipinski definition) is 3. The van der Waals surface area contributed by atoms with E-state index in [0.717, 1.165) is 0 Å². The molecule has 0 aliphatic rings. The summed E-state index contributed by atoms with van der Waals surface area (Å²) in [6.07, 6.45) is 0.0687. The molecule has 3 N–H and O–H groups in total. The molecular weight excluding hydrogens is 319 g/mol. The van der Waals surface area contributed by atoms with Gasteiger partial charge in [-0.1, -0.05) is 23.2 Å². The van der Waals surface area contributed by atoms with E-state index >= 15 is 0 Å². The Balaban J connectivity index is 2.70. The molecular formula is C13H16Cl2N2O4. The SMILES string of the molecule is CC(C)OCCNC(=O)Nc1c(Cl)cc(Cl)cc1C(=O)O. The summed E-state index contributed by atoms with van der Waals surface area (Å²) in [6, 6.07) is 1.99. The zero-order valence-electron chi connectivity index (χ0n) is 11.6. The average Bonchev–Trinajstić information content (AvgIpc) is 2.37. The number of anilines is 1. The largest absolute Gasteiger partial charge is 0.478 e. The van der Waals surface area contributed by atoms with E-state index in [1.54, 1.807) is 0 Å². The number of amides is 2. The first-order chi connectivity index (χ1) is 9.81. The van der Waals surface area contributed by atoms with Crippen molar-refractivity contribution >= 4 is 40.9 Å². The zero-order valence-corrected chi connectivity index (χ0v) is 13.1. The van der Waals surface area contributed by atoms with Crippen LogP contribution < -0.4 is 10.6 Å². The van der Waals surface area contributed by atoms with Gasteiger partial charge in [0.25, 0.3) is 0 Å². The van der Waals surface area contributed by atoms with Crippen LogP contribution in [0.2, 0.25) is 10.0 Å². The first kappa shape index (κ1) is 17.6. The van der Waals surface area contributed by atoms with Gasteiger partial charge in [-0.15, -0.1) is 0 Å². The lowest BCUT2D eigenvalue weighted by Crippen LogP contribution is -2.32. The summed E-state index contributed by atoms with van der Waals surface area (Å²) >= 11 is 11.7. The van der Waals surface area contributed by atoms with Crippen molar-refractivity contribution < 1.29 is 19.4 Å². The quantitative estimate of drug-likeness (QED) is 0.697. The monoisotopic (exact) mass is 334 g/mol. The molecule has 1 aromatic carbocycles. The number of nitrogens with one attached hydrogen (secondary N) is 2. The van der Waals surface area contributed by atoms with E-state index in [-0.39, 0.29) is 33.9 Å². The minimum Gasteiger partial charge on any atom is -0.478 e. The van der Waals surface area contributed by atoms with Gasteiger partial charge in [-0.3, -0.25) is 0 Å². The van der Waals surface area contributed by atoms with Crippen molar-refractivity contribution in [2.75, 3.05) is 18.5 Å². The summed E-state index contributed by atoms with van der Waals surface area (Å²) < 4.78 is 5.26. The van der Waals surface area contributed by atoms with Crippen LogP contribution in [0.3, 0.4) is 0 Å². The van der Waals surface area contributed by atoms with Gasteiger partial charge in [0.2, 0.25) is 0 Å². The number of hydrogen-bond acceptors (Lipinski definition) is 3. The van der Waals surface area contributed by atoms with Gasteiger partial charge in [0, 0.05) is 11.6 Å². The van der Waals surface area contributed by atoms with E-state index in [9.17, 15) is 9.59 Å². The molecule has 0 aliphatic carbocycles. The molecule has 0 spiro atoms. The van der Waals surface area contributed by atoms with E-state index in [1.165, 1.54) is 12.1 Å². The van der Waals surface area contributed by atoms with Crippen molar-refractivity contribution in [3.8, 4) is 0 Å². The minimum atomic E-state index is -1.24. The van der Waals surface area contributed by atoms with Gasteiger partial charge < -0.3 is 20.5 Å². The van der Waals surface area contributed by atoms with E-state index in [1.807, 2.05) is 13.8 Å². The summed E-state index contributed by atoms with van der Waals surface area (Å²) in [5.41, 5.74) is -0.183. The lowest BCUT2D eigenvalue weighted by Gasteiger charge is -2.13. The van der Waals surface area contributed by atoms with Crippen LogP contribution in [0, 0.1) is 0 Å². The number of benzene rings is 1. The molecule has 0 fully saturated rings. The molecule has 8 heteroatoms. The van der Waals surface area contributed by atoms with Gasteiger partial charge in [-0.05, 0) is 26.0 Å². The maximum absolute atomic E-state index is 11.7. The molecule has 0 saturated heterocycles. The highest BCUT2D eigenvalue weighted by Crippen LogP contribution is 2.30. The van der Waals surface area contributed by atoms with Crippen molar-refractivity contribution in [1.82, 2.24) is 5.32 Å². The molecule has 1 aromatic rings. The van der Waals surface area contributed by atoms with Gasteiger partial charge in [0.05, 0.1) is 29.0 Å². The Morgan fingerprint density at radius 2 is 2.00 bits per heavy atom. The van der Waals surface area contributed by atoms with Crippen LogP contribution in [-0.4, -0.2) is 36.4 Å². The number of halogens is 2. The van der Waals surface area contributed by atoms with E-state index in [0.29, 0.717) is 6.61 Å². The summed E-state index contributed by atoms with van der Waals surface area (Å²) in [5.74, 6) is -1.24. The van der Waals surface area contributed by atoms with Crippen molar-refractivity contribution in [3.05, 3.63) is 27.7 Å².